The van der Waals surface area contributed by atoms with E-state index in [1.165, 1.54) is 0 Å². The van der Waals surface area contributed by atoms with Gasteiger partial charge in [-0.1, -0.05) is 96.8 Å². The zero-order valence-corrected chi connectivity index (χ0v) is 28.5. The molecule has 3 heterocycles. The molecule has 4 aromatic carbocycles. The molecular formula is C43H39N3O6. The van der Waals surface area contributed by atoms with E-state index in [-0.39, 0.29) is 13.2 Å². The number of aliphatic hydroxyl groups is 1. The number of amides is 2. The third-order valence-electron chi connectivity index (χ3n) is 10.8. The van der Waals surface area contributed by atoms with Gasteiger partial charge in [0.25, 0.3) is 0 Å². The Labute approximate surface area is 302 Å². The van der Waals surface area contributed by atoms with Crippen LogP contribution in [0.1, 0.15) is 71.7 Å². The number of nitrogens with one attached hydrogen (secondary N) is 1. The first-order valence-electron chi connectivity index (χ1n) is 17.8. The molecule has 9 nitrogen and oxygen atoms in total. The Morgan fingerprint density at radius 3 is 2.37 bits per heavy atom. The molecule has 6 atom stereocenters. The van der Waals surface area contributed by atoms with Crippen LogP contribution in [0.2, 0.25) is 0 Å². The Kier molecular flexibility index (Phi) is 8.87. The van der Waals surface area contributed by atoms with Crippen LogP contribution in [0.3, 0.4) is 0 Å². The lowest BCUT2D eigenvalue weighted by Gasteiger charge is -2.46. The van der Waals surface area contributed by atoms with Crippen LogP contribution in [-0.2, 0) is 24.5 Å². The topological polar surface area (TPSA) is 131 Å². The highest BCUT2D eigenvalue weighted by Gasteiger charge is 2.74. The monoisotopic (exact) mass is 693 g/mol. The maximum atomic E-state index is 15.0. The highest BCUT2D eigenvalue weighted by Crippen LogP contribution is 2.65. The summed E-state index contributed by atoms with van der Waals surface area (Å²) in [6.07, 6.45) is 5.53. The second-order valence-electron chi connectivity index (χ2n) is 13.7. The van der Waals surface area contributed by atoms with E-state index < -0.39 is 53.3 Å². The van der Waals surface area contributed by atoms with Crippen molar-refractivity contribution in [3.05, 3.63) is 143 Å². The number of cyclic esters (lactones) is 1. The standard InChI is InChI=1S/C43H39N3O6/c44-40(48)35-37-41(49)52-38(30-16-8-3-9-17-30)36(29-14-6-2-7-15-29)46(37)39(31-18-10-11-19-34(31)51-25-24-47)43(35)32-26-28(22-23-33(32)45-42(43)50)21-20-27-12-4-1-5-13-27/h2-3,6-12,14-19,22-23,26,35-39,47H,1,4-5,13,24-25H2,(H2,44,48)(H,45,50)/t35-,36-,37-,38+,39+,43-/m0/s1. The number of aliphatic hydroxyl groups excluding tert-OH is 1. The second-order valence-corrected chi connectivity index (χ2v) is 13.7. The molecule has 1 aliphatic carbocycles. The summed E-state index contributed by atoms with van der Waals surface area (Å²) >= 11 is 0. The van der Waals surface area contributed by atoms with Crippen molar-refractivity contribution in [2.45, 2.75) is 55.3 Å². The number of esters is 1. The van der Waals surface area contributed by atoms with Crippen LogP contribution in [0.4, 0.5) is 5.69 Å². The van der Waals surface area contributed by atoms with E-state index in [0.29, 0.717) is 28.1 Å². The molecular weight excluding hydrogens is 654 g/mol. The molecule has 1 spiro atoms. The smallest absolute Gasteiger partial charge is 0.324 e. The zero-order valence-electron chi connectivity index (χ0n) is 28.5. The number of benzene rings is 4. The van der Waals surface area contributed by atoms with Gasteiger partial charge >= 0.3 is 5.97 Å². The highest BCUT2D eigenvalue weighted by molar-refractivity contribution is 6.12. The van der Waals surface area contributed by atoms with E-state index in [1.807, 2.05) is 102 Å². The molecule has 0 bridgehead atoms. The number of nitrogens with zero attached hydrogens (tertiary/aromatic N) is 1. The molecule has 0 radical (unpaired) electrons. The minimum Gasteiger partial charge on any atom is -0.491 e. The summed E-state index contributed by atoms with van der Waals surface area (Å²) in [6, 6.07) is 29.1. The summed E-state index contributed by atoms with van der Waals surface area (Å²) in [4.78, 5) is 45.6. The van der Waals surface area contributed by atoms with Gasteiger partial charge < -0.3 is 25.6 Å². The van der Waals surface area contributed by atoms with E-state index in [9.17, 15) is 14.7 Å². The Hall–Kier alpha value is -5.69. The van der Waals surface area contributed by atoms with Crippen LogP contribution < -0.4 is 15.8 Å². The summed E-state index contributed by atoms with van der Waals surface area (Å²) in [5.74, 6) is 3.78. The fourth-order valence-corrected chi connectivity index (χ4v) is 8.77. The molecule has 262 valence electrons. The van der Waals surface area contributed by atoms with Crippen LogP contribution in [0, 0.1) is 17.8 Å². The average molecular weight is 694 g/mol. The Bertz CT molecular complexity index is 2120. The zero-order chi connectivity index (χ0) is 35.8. The van der Waals surface area contributed by atoms with Crippen molar-refractivity contribution in [2.24, 2.45) is 11.7 Å². The fourth-order valence-electron chi connectivity index (χ4n) is 8.77. The van der Waals surface area contributed by atoms with Crippen LogP contribution in [0.15, 0.2) is 115 Å². The fraction of sp³-hybridized carbons (Fsp3) is 0.279. The molecule has 0 unspecified atom stereocenters. The Balaban J connectivity index is 1.41. The lowest BCUT2D eigenvalue weighted by molar-refractivity contribution is -0.178. The van der Waals surface area contributed by atoms with E-state index in [1.54, 1.807) is 6.07 Å². The average Bonchev–Trinajstić information content (AvgIpc) is 3.66. The van der Waals surface area contributed by atoms with Crippen LogP contribution in [-0.4, -0.2) is 47.0 Å². The van der Waals surface area contributed by atoms with E-state index in [4.69, 9.17) is 15.2 Å². The number of anilines is 1. The molecule has 52 heavy (non-hydrogen) atoms. The van der Waals surface area contributed by atoms with Crippen molar-refractivity contribution in [2.75, 3.05) is 18.5 Å². The minimum absolute atomic E-state index is 0.00538. The van der Waals surface area contributed by atoms with E-state index in [0.717, 1.165) is 42.4 Å². The largest absolute Gasteiger partial charge is 0.491 e. The first-order valence-corrected chi connectivity index (χ1v) is 17.8. The van der Waals surface area contributed by atoms with Gasteiger partial charge in [0.05, 0.1) is 24.6 Å². The highest BCUT2D eigenvalue weighted by atomic mass is 16.6. The number of nitrogens with two attached hydrogens (primary N) is 1. The third kappa shape index (κ3) is 5.47. The van der Waals surface area contributed by atoms with Gasteiger partial charge in [0.2, 0.25) is 11.8 Å². The first kappa shape index (κ1) is 33.5. The number of allylic oxidation sites excluding steroid dienone is 2. The van der Waals surface area contributed by atoms with E-state index in [2.05, 4.69) is 23.2 Å². The van der Waals surface area contributed by atoms with Gasteiger partial charge in [-0.05, 0) is 72.2 Å². The molecule has 3 aliphatic heterocycles. The van der Waals surface area contributed by atoms with Gasteiger partial charge in [-0.25, -0.2) is 0 Å². The van der Waals surface area contributed by atoms with Crippen molar-refractivity contribution < 1.29 is 29.0 Å². The SMILES string of the molecule is NC(=O)[C@@H]1[C@H]2C(=O)O[C@H](c3ccccc3)[C@H](c3ccccc3)N2[C@H](c2ccccc2OCCO)[C@@]12C(=O)Nc1ccc(C#CC3=CCCCC3)cc12. The number of morpholine rings is 1. The van der Waals surface area contributed by atoms with Crippen molar-refractivity contribution in [1.82, 2.24) is 4.90 Å². The quantitative estimate of drug-likeness (QED) is 0.168. The van der Waals surface area contributed by atoms with E-state index >= 15 is 4.79 Å². The molecule has 0 aromatic heterocycles. The first-order chi connectivity index (χ1) is 25.4. The number of primary amides is 1. The number of carbonyl (C=O) groups excluding carboxylic acids is 3. The lowest BCUT2D eigenvalue weighted by atomic mass is 9.65. The summed E-state index contributed by atoms with van der Waals surface area (Å²) < 4.78 is 12.5. The number of carbonyl (C=O) groups is 3. The maximum absolute atomic E-state index is 15.0. The van der Waals surface area contributed by atoms with Crippen molar-refractivity contribution in [3.8, 4) is 17.6 Å². The number of para-hydroxylation sites is 1. The summed E-state index contributed by atoms with van der Waals surface area (Å²) in [5, 5.41) is 12.9. The molecule has 0 saturated carbocycles. The number of fused-ring (bicyclic) bond motifs is 3. The molecule has 4 aliphatic rings. The normalized spacial score (nSPS) is 26.3. The Morgan fingerprint density at radius 1 is 0.923 bits per heavy atom. The number of rotatable bonds is 7. The molecule has 9 heteroatoms. The Morgan fingerprint density at radius 2 is 1.65 bits per heavy atom. The molecule has 2 amide bonds. The van der Waals surface area contributed by atoms with Crippen molar-refractivity contribution in [1.29, 1.82) is 0 Å². The molecule has 2 saturated heterocycles. The van der Waals surface area contributed by atoms with Crippen LogP contribution >= 0.6 is 0 Å². The second kappa shape index (κ2) is 13.8. The molecule has 4 N–H and O–H groups in total. The lowest BCUT2D eigenvalue weighted by Crippen LogP contribution is -2.53. The number of hydrogen-bond acceptors (Lipinski definition) is 7. The number of ether oxygens (including phenoxy) is 2. The van der Waals surface area contributed by atoms with Gasteiger partial charge in [0.1, 0.15) is 29.9 Å². The van der Waals surface area contributed by atoms with Crippen LogP contribution in [0.25, 0.3) is 0 Å². The van der Waals surface area contributed by atoms with Crippen molar-refractivity contribution >= 4 is 23.5 Å². The molecule has 4 aromatic rings. The number of hydrogen-bond donors (Lipinski definition) is 3. The maximum Gasteiger partial charge on any atom is 0.324 e. The molecule has 2 fully saturated rings. The van der Waals surface area contributed by atoms with Gasteiger partial charge in [0.15, 0.2) is 0 Å². The van der Waals surface area contributed by atoms with Gasteiger partial charge in [0, 0.05) is 16.8 Å². The predicted octanol–water partition coefficient (Wildman–Crippen LogP) is 5.67. The van der Waals surface area contributed by atoms with Gasteiger partial charge in [-0.3, -0.25) is 19.3 Å². The van der Waals surface area contributed by atoms with Crippen molar-refractivity contribution in [3.63, 3.8) is 0 Å². The summed E-state index contributed by atoms with van der Waals surface area (Å²) in [7, 11) is 0. The summed E-state index contributed by atoms with van der Waals surface area (Å²) in [6.45, 7) is -0.244. The van der Waals surface area contributed by atoms with Gasteiger partial charge in [-0.2, -0.15) is 0 Å². The van der Waals surface area contributed by atoms with Gasteiger partial charge in [-0.15, -0.1) is 0 Å². The van der Waals surface area contributed by atoms with Crippen LogP contribution in [0.5, 0.6) is 5.75 Å². The predicted molar refractivity (Wildman–Crippen MR) is 195 cm³/mol. The summed E-state index contributed by atoms with van der Waals surface area (Å²) in [5.41, 5.74) is 9.61. The molecule has 8 rings (SSSR count). The minimum atomic E-state index is -1.70. The third-order valence-corrected chi connectivity index (χ3v) is 10.8.